The predicted octanol–water partition coefficient (Wildman–Crippen LogP) is 7.89. The van der Waals surface area contributed by atoms with Gasteiger partial charge >= 0.3 is 0 Å². The zero-order valence-corrected chi connectivity index (χ0v) is 25.1. The van der Waals surface area contributed by atoms with Gasteiger partial charge in [-0.15, -0.1) is 0 Å². The first-order valence-electron chi connectivity index (χ1n) is 15.4. The van der Waals surface area contributed by atoms with Gasteiger partial charge in [-0.2, -0.15) is 0 Å². The fourth-order valence-corrected chi connectivity index (χ4v) is 5.59. The summed E-state index contributed by atoms with van der Waals surface area (Å²) in [7, 11) is 0. The third-order valence-electron chi connectivity index (χ3n) is 8.12. The Hall–Kier alpha value is -4.32. The first-order chi connectivity index (χ1) is 21.7. The van der Waals surface area contributed by atoms with Crippen LogP contribution in [0.4, 0.5) is 0 Å². The molecule has 4 atom stereocenters. The quantitative estimate of drug-likeness (QED) is 0.0928. The molecule has 2 heterocycles. The predicted molar refractivity (Wildman–Crippen MR) is 174 cm³/mol. The van der Waals surface area contributed by atoms with Crippen LogP contribution in [0.15, 0.2) is 122 Å². The monoisotopic (exact) mass is 588 g/mol. The van der Waals surface area contributed by atoms with Crippen molar-refractivity contribution in [3.8, 4) is 17.2 Å². The Morgan fingerprint density at radius 2 is 0.955 bits per heavy atom. The average Bonchev–Trinajstić information content (AvgIpc) is 4.01. The van der Waals surface area contributed by atoms with Crippen molar-refractivity contribution >= 4 is 0 Å². The molecule has 2 saturated heterocycles. The molecule has 0 N–H and O–H groups in total. The second-order valence-corrected chi connectivity index (χ2v) is 11.4. The summed E-state index contributed by atoms with van der Waals surface area (Å²) < 4.78 is 28.4. The van der Waals surface area contributed by atoms with Gasteiger partial charge in [0.2, 0.25) is 0 Å². The lowest BCUT2D eigenvalue weighted by Gasteiger charge is -2.30. The van der Waals surface area contributed by atoms with Gasteiger partial charge < -0.3 is 23.7 Å². The van der Waals surface area contributed by atoms with Crippen LogP contribution in [0.1, 0.15) is 46.1 Å². The van der Waals surface area contributed by atoms with Crippen molar-refractivity contribution in [1.82, 2.24) is 0 Å². The van der Waals surface area contributed by atoms with Crippen molar-refractivity contribution in [2.75, 3.05) is 33.0 Å². The lowest BCUT2D eigenvalue weighted by atomic mass is 9.73. The number of aryl methyl sites for hydroxylation is 1. The van der Waals surface area contributed by atoms with Crippen LogP contribution < -0.4 is 14.2 Å². The highest BCUT2D eigenvalue weighted by Gasteiger charge is 2.29. The number of hydrogen-bond acceptors (Lipinski definition) is 5. The Morgan fingerprint density at radius 1 is 0.568 bits per heavy atom. The molecule has 5 nitrogen and oxygen atoms in total. The van der Waals surface area contributed by atoms with Gasteiger partial charge in [0.1, 0.15) is 43.2 Å². The molecule has 0 saturated carbocycles. The summed E-state index contributed by atoms with van der Waals surface area (Å²) in [5.74, 6) is 2.56. The third kappa shape index (κ3) is 7.98. The molecular formula is C39H40O5. The van der Waals surface area contributed by atoms with E-state index in [2.05, 4.69) is 98.1 Å². The summed E-state index contributed by atoms with van der Waals surface area (Å²) in [4.78, 5) is 0. The summed E-state index contributed by atoms with van der Waals surface area (Å²) >= 11 is 0. The van der Waals surface area contributed by atoms with Crippen LogP contribution in [0, 0.1) is 0 Å². The Bertz CT molecular complexity index is 1370. The molecule has 0 aromatic heterocycles. The van der Waals surface area contributed by atoms with Crippen molar-refractivity contribution in [1.29, 1.82) is 0 Å². The molecule has 44 heavy (non-hydrogen) atoms. The SMILES string of the molecule is C=CCOc1ccc(C(c2ccc(CCC3CO3)cc2)C(c2ccc(OCC=C)cc2)c2ccc(OCC3CO3)cc2)cc1. The van der Waals surface area contributed by atoms with Gasteiger partial charge in [-0.1, -0.05) is 86.0 Å². The maximum Gasteiger partial charge on any atom is 0.119 e. The van der Waals surface area contributed by atoms with Gasteiger partial charge in [-0.25, -0.2) is 0 Å². The molecule has 0 bridgehead atoms. The van der Waals surface area contributed by atoms with Crippen LogP contribution in [-0.4, -0.2) is 45.2 Å². The van der Waals surface area contributed by atoms with E-state index in [9.17, 15) is 0 Å². The average molecular weight is 589 g/mol. The van der Waals surface area contributed by atoms with Crippen LogP contribution in [0.25, 0.3) is 0 Å². The second-order valence-electron chi connectivity index (χ2n) is 11.4. The molecule has 0 radical (unpaired) electrons. The van der Waals surface area contributed by atoms with Crippen LogP contribution in [0.5, 0.6) is 17.2 Å². The van der Waals surface area contributed by atoms with E-state index in [0.29, 0.717) is 25.9 Å². The minimum Gasteiger partial charge on any atom is -0.491 e. The van der Waals surface area contributed by atoms with Crippen molar-refractivity contribution in [3.63, 3.8) is 0 Å². The van der Waals surface area contributed by atoms with E-state index in [1.807, 2.05) is 12.1 Å². The van der Waals surface area contributed by atoms with Gasteiger partial charge in [0.05, 0.1) is 19.3 Å². The summed E-state index contributed by atoms with van der Waals surface area (Å²) in [6.07, 6.45) is 6.25. The van der Waals surface area contributed by atoms with Crippen molar-refractivity contribution < 1.29 is 23.7 Å². The number of epoxide rings is 2. The molecule has 0 aliphatic carbocycles. The molecule has 4 aromatic carbocycles. The van der Waals surface area contributed by atoms with Gasteiger partial charge in [-0.05, 0) is 77.1 Å². The molecule has 4 aromatic rings. The molecular weight excluding hydrogens is 548 g/mol. The Morgan fingerprint density at radius 3 is 1.34 bits per heavy atom. The first kappa shape index (κ1) is 29.7. The maximum atomic E-state index is 5.98. The number of hydrogen-bond donors (Lipinski definition) is 0. The third-order valence-corrected chi connectivity index (χ3v) is 8.12. The molecule has 0 spiro atoms. The summed E-state index contributed by atoms with van der Waals surface area (Å²) in [5, 5.41) is 0. The van der Waals surface area contributed by atoms with Crippen LogP contribution in [-0.2, 0) is 15.9 Å². The van der Waals surface area contributed by atoms with Gasteiger partial charge in [0.25, 0.3) is 0 Å². The largest absolute Gasteiger partial charge is 0.491 e. The van der Waals surface area contributed by atoms with E-state index >= 15 is 0 Å². The van der Waals surface area contributed by atoms with E-state index in [1.54, 1.807) is 12.2 Å². The number of ether oxygens (including phenoxy) is 5. The molecule has 0 amide bonds. The molecule has 2 aliphatic rings. The Balaban J connectivity index is 1.38. The van der Waals surface area contributed by atoms with Crippen LogP contribution in [0.3, 0.4) is 0 Å². The highest BCUT2D eigenvalue weighted by atomic mass is 16.6. The maximum absolute atomic E-state index is 5.98. The van der Waals surface area contributed by atoms with Gasteiger partial charge in [0, 0.05) is 11.8 Å². The van der Waals surface area contributed by atoms with Crippen LogP contribution in [0.2, 0.25) is 0 Å². The summed E-state index contributed by atoms with van der Waals surface area (Å²) in [5.41, 5.74) is 6.19. The lowest BCUT2D eigenvalue weighted by molar-refractivity contribution is 0.263. The second kappa shape index (κ2) is 14.4. The van der Waals surface area contributed by atoms with E-state index in [0.717, 1.165) is 43.3 Å². The van der Waals surface area contributed by atoms with Gasteiger partial charge in [0.15, 0.2) is 0 Å². The van der Waals surface area contributed by atoms with Gasteiger partial charge in [-0.3, -0.25) is 0 Å². The van der Waals surface area contributed by atoms with E-state index in [-0.39, 0.29) is 17.9 Å². The first-order valence-corrected chi connectivity index (χ1v) is 15.4. The zero-order chi connectivity index (χ0) is 30.1. The summed E-state index contributed by atoms with van der Waals surface area (Å²) in [6, 6.07) is 34.6. The Kier molecular flexibility index (Phi) is 9.76. The van der Waals surface area contributed by atoms with Crippen molar-refractivity contribution in [2.24, 2.45) is 0 Å². The fraction of sp³-hybridized carbons (Fsp3) is 0.282. The summed E-state index contributed by atoms with van der Waals surface area (Å²) in [6.45, 7) is 10.7. The van der Waals surface area contributed by atoms with E-state index in [1.165, 1.54) is 27.8 Å². The normalized spacial score (nSPS) is 18.1. The molecule has 2 aliphatic heterocycles. The van der Waals surface area contributed by atoms with Crippen molar-refractivity contribution in [3.05, 3.63) is 150 Å². The molecule has 2 fully saturated rings. The molecule has 226 valence electrons. The Labute approximate surface area is 260 Å². The highest BCUT2D eigenvalue weighted by Crippen LogP contribution is 2.44. The fourth-order valence-electron chi connectivity index (χ4n) is 5.59. The minimum atomic E-state index is 0.0231. The molecule has 4 unspecified atom stereocenters. The molecule has 5 heteroatoms. The lowest BCUT2D eigenvalue weighted by Crippen LogP contribution is -2.15. The van der Waals surface area contributed by atoms with Crippen molar-refractivity contribution in [2.45, 2.75) is 36.9 Å². The number of benzene rings is 4. The zero-order valence-electron chi connectivity index (χ0n) is 25.1. The molecule has 6 rings (SSSR count). The van der Waals surface area contributed by atoms with Crippen LogP contribution >= 0.6 is 0 Å². The number of rotatable bonds is 17. The van der Waals surface area contributed by atoms with E-state index in [4.69, 9.17) is 23.7 Å². The highest BCUT2D eigenvalue weighted by molar-refractivity contribution is 5.48. The standard InChI is InChI=1S/C39H40O5/c1-3-23-40-33-17-10-30(11-18-33)38(29-8-5-28(6-9-29)7-16-36-25-43-36)39(31-12-19-34(20-13-31)41-24-4-2)32-14-21-35(22-15-32)42-26-37-27-44-37/h3-6,8-15,17-22,36-39H,1-2,7,16,23-27H2. The smallest absolute Gasteiger partial charge is 0.119 e. The minimum absolute atomic E-state index is 0.0231. The van der Waals surface area contributed by atoms with E-state index < -0.39 is 0 Å². The topological polar surface area (TPSA) is 52.8 Å².